The molecule has 1 aromatic heterocycles. The minimum atomic E-state index is -0.966. The van der Waals surface area contributed by atoms with E-state index in [9.17, 15) is 9.59 Å². The van der Waals surface area contributed by atoms with Crippen LogP contribution in [-0.2, 0) is 11.2 Å². The first-order chi connectivity index (χ1) is 10.4. The molecule has 0 aliphatic heterocycles. The van der Waals surface area contributed by atoms with Crippen LogP contribution in [-0.4, -0.2) is 31.1 Å². The number of nitrogens with one attached hydrogen (secondary N) is 1. The quantitative estimate of drug-likeness (QED) is 0.889. The normalized spacial score (nSPS) is 10.3. The molecule has 0 radical (unpaired) electrons. The highest BCUT2D eigenvalue weighted by Crippen LogP contribution is 2.25. The molecule has 0 atom stereocenters. The monoisotopic (exact) mass is 318 g/mol. The first-order valence-corrected chi connectivity index (χ1v) is 7.64. The minimum absolute atomic E-state index is 0.159. The van der Waals surface area contributed by atoms with Crippen molar-refractivity contribution in [2.45, 2.75) is 13.3 Å². The van der Waals surface area contributed by atoms with Crippen molar-refractivity contribution in [3.8, 4) is 0 Å². The summed E-state index contributed by atoms with van der Waals surface area (Å²) in [5.74, 6) is -1.13. The topological polar surface area (TPSA) is 69.6 Å². The molecule has 2 rings (SSSR count). The molecular weight excluding hydrogens is 300 g/mol. The Hall–Kier alpha value is -2.34. The predicted molar refractivity (Wildman–Crippen MR) is 89.1 cm³/mol. The Morgan fingerprint density at radius 2 is 2.05 bits per heavy atom. The molecule has 1 aromatic carbocycles. The van der Waals surface area contributed by atoms with E-state index in [0.29, 0.717) is 5.56 Å². The highest BCUT2D eigenvalue weighted by atomic mass is 32.1. The van der Waals surface area contributed by atoms with Crippen molar-refractivity contribution >= 4 is 34.6 Å². The maximum absolute atomic E-state index is 12.1. The number of amides is 1. The zero-order valence-corrected chi connectivity index (χ0v) is 13.5. The van der Waals surface area contributed by atoms with Crippen LogP contribution in [0.1, 0.15) is 20.8 Å². The number of anilines is 2. The molecule has 0 spiro atoms. The van der Waals surface area contributed by atoms with Gasteiger partial charge >= 0.3 is 5.97 Å². The Balaban J connectivity index is 2.09. The van der Waals surface area contributed by atoms with Crippen LogP contribution < -0.4 is 10.2 Å². The fourth-order valence-electron chi connectivity index (χ4n) is 2.20. The van der Waals surface area contributed by atoms with E-state index in [2.05, 4.69) is 5.32 Å². The second-order valence-electron chi connectivity index (χ2n) is 5.19. The average molecular weight is 318 g/mol. The van der Waals surface area contributed by atoms with E-state index in [-0.39, 0.29) is 17.2 Å². The maximum Gasteiger partial charge on any atom is 0.345 e. The van der Waals surface area contributed by atoms with Crippen LogP contribution in [0, 0.1) is 6.92 Å². The smallest absolute Gasteiger partial charge is 0.345 e. The van der Waals surface area contributed by atoms with Crippen LogP contribution in [0.5, 0.6) is 0 Å². The molecule has 116 valence electrons. The highest BCUT2D eigenvalue weighted by molar-refractivity contribution is 7.12. The van der Waals surface area contributed by atoms with Crippen LogP contribution >= 0.6 is 11.3 Å². The number of hydrogen-bond acceptors (Lipinski definition) is 4. The molecule has 0 fully saturated rings. The number of carboxylic acid groups (broad SMARTS) is 1. The Kier molecular flexibility index (Phi) is 4.82. The van der Waals surface area contributed by atoms with Gasteiger partial charge < -0.3 is 15.3 Å². The third-order valence-corrected chi connectivity index (χ3v) is 4.26. The Morgan fingerprint density at radius 1 is 1.32 bits per heavy atom. The number of aromatic carboxylic acids is 1. The lowest BCUT2D eigenvalue weighted by Gasteiger charge is -2.18. The Bertz CT molecular complexity index is 707. The fourth-order valence-corrected chi connectivity index (χ4v) is 2.95. The van der Waals surface area contributed by atoms with E-state index >= 15 is 0 Å². The summed E-state index contributed by atoms with van der Waals surface area (Å²) >= 11 is 1.13. The van der Waals surface area contributed by atoms with Gasteiger partial charge in [-0.3, -0.25) is 4.79 Å². The SMILES string of the molecule is Cc1c(NC(=O)Cc2csc(C(=O)O)c2)cccc1N(C)C. The largest absolute Gasteiger partial charge is 0.477 e. The summed E-state index contributed by atoms with van der Waals surface area (Å²) in [7, 11) is 3.90. The number of hydrogen-bond donors (Lipinski definition) is 2. The summed E-state index contributed by atoms with van der Waals surface area (Å²) in [4.78, 5) is 25.2. The molecule has 0 aliphatic carbocycles. The molecule has 1 heterocycles. The van der Waals surface area contributed by atoms with E-state index in [0.717, 1.165) is 28.3 Å². The van der Waals surface area contributed by atoms with Gasteiger partial charge in [0.15, 0.2) is 0 Å². The maximum atomic E-state index is 12.1. The van der Waals surface area contributed by atoms with Crippen LogP contribution in [0.2, 0.25) is 0 Å². The van der Waals surface area contributed by atoms with Crippen molar-refractivity contribution < 1.29 is 14.7 Å². The van der Waals surface area contributed by atoms with E-state index in [4.69, 9.17) is 5.11 Å². The molecule has 0 saturated heterocycles. The van der Waals surface area contributed by atoms with Crippen molar-refractivity contribution in [2.75, 3.05) is 24.3 Å². The highest BCUT2D eigenvalue weighted by Gasteiger charge is 2.12. The molecule has 0 saturated carbocycles. The molecule has 0 unspecified atom stereocenters. The summed E-state index contributed by atoms with van der Waals surface area (Å²) in [6, 6.07) is 7.28. The van der Waals surface area contributed by atoms with Gasteiger partial charge in [-0.1, -0.05) is 6.07 Å². The molecule has 6 heteroatoms. The number of benzene rings is 1. The number of carboxylic acids is 1. The van der Waals surface area contributed by atoms with E-state index in [1.165, 1.54) is 6.07 Å². The average Bonchev–Trinajstić information content (AvgIpc) is 2.89. The lowest BCUT2D eigenvalue weighted by molar-refractivity contribution is -0.115. The minimum Gasteiger partial charge on any atom is -0.477 e. The first kappa shape index (κ1) is 16.0. The summed E-state index contributed by atoms with van der Waals surface area (Å²) < 4.78 is 0. The number of rotatable bonds is 5. The van der Waals surface area contributed by atoms with Gasteiger partial charge in [0.25, 0.3) is 0 Å². The van der Waals surface area contributed by atoms with Crippen molar-refractivity contribution in [3.63, 3.8) is 0 Å². The Labute approximate surface area is 133 Å². The summed E-state index contributed by atoms with van der Waals surface area (Å²) in [5.41, 5.74) is 3.52. The standard InChI is InChI=1S/C16H18N2O3S/c1-10-12(5-4-6-13(10)18(2)3)17-15(19)8-11-7-14(16(20)21)22-9-11/h4-7,9H,8H2,1-3H3,(H,17,19)(H,20,21). The predicted octanol–water partition coefficient (Wildman–Crippen LogP) is 3.00. The molecular formula is C16H18N2O3S. The number of nitrogens with zero attached hydrogens (tertiary/aromatic N) is 1. The Morgan fingerprint density at radius 3 is 2.64 bits per heavy atom. The van der Waals surface area contributed by atoms with E-state index in [1.54, 1.807) is 5.38 Å². The third kappa shape index (κ3) is 3.65. The second-order valence-corrected chi connectivity index (χ2v) is 6.10. The van der Waals surface area contributed by atoms with Gasteiger partial charge in [-0.25, -0.2) is 4.79 Å². The lowest BCUT2D eigenvalue weighted by Crippen LogP contribution is -2.16. The lowest BCUT2D eigenvalue weighted by atomic mass is 10.1. The number of carbonyl (C=O) groups excluding carboxylic acids is 1. The summed E-state index contributed by atoms with van der Waals surface area (Å²) in [5, 5.41) is 13.5. The van der Waals surface area contributed by atoms with Crippen molar-refractivity contribution in [1.29, 1.82) is 0 Å². The zero-order chi connectivity index (χ0) is 16.3. The van der Waals surface area contributed by atoms with E-state index < -0.39 is 5.97 Å². The van der Waals surface area contributed by atoms with Crippen LogP contribution in [0.15, 0.2) is 29.6 Å². The molecule has 2 aromatic rings. The van der Waals surface area contributed by atoms with Gasteiger partial charge in [0, 0.05) is 25.5 Å². The molecule has 5 nitrogen and oxygen atoms in total. The summed E-state index contributed by atoms with van der Waals surface area (Å²) in [6.45, 7) is 1.96. The molecule has 0 aliphatic rings. The van der Waals surface area contributed by atoms with Gasteiger partial charge in [-0.05, 0) is 41.6 Å². The van der Waals surface area contributed by atoms with Gasteiger partial charge in [0.1, 0.15) is 4.88 Å². The number of thiophene rings is 1. The molecule has 22 heavy (non-hydrogen) atoms. The van der Waals surface area contributed by atoms with Gasteiger partial charge in [-0.2, -0.15) is 0 Å². The second kappa shape index (κ2) is 6.62. The first-order valence-electron chi connectivity index (χ1n) is 6.76. The van der Waals surface area contributed by atoms with Crippen LogP contribution in [0.4, 0.5) is 11.4 Å². The molecule has 2 N–H and O–H groups in total. The van der Waals surface area contributed by atoms with E-state index in [1.807, 2.05) is 44.1 Å². The number of carbonyl (C=O) groups is 2. The van der Waals surface area contributed by atoms with Crippen molar-refractivity contribution in [3.05, 3.63) is 45.6 Å². The van der Waals surface area contributed by atoms with Crippen molar-refractivity contribution in [1.82, 2.24) is 0 Å². The molecule has 1 amide bonds. The summed E-state index contributed by atoms with van der Waals surface area (Å²) in [6.07, 6.45) is 0.162. The van der Waals surface area contributed by atoms with Gasteiger partial charge in [0.05, 0.1) is 6.42 Å². The fraction of sp³-hybridized carbons (Fsp3) is 0.250. The van der Waals surface area contributed by atoms with Crippen molar-refractivity contribution in [2.24, 2.45) is 0 Å². The van der Waals surface area contributed by atoms with Gasteiger partial charge in [0.2, 0.25) is 5.91 Å². The third-order valence-electron chi connectivity index (χ3n) is 3.29. The zero-order valence-electron chi connectivity index (χ0n) is 12.7. The van der Waals surface area contributed by atoms with Crippen LogP contribution in [0.3, 0.4) is 0 Å². The van der Waals surface area contributed by atoms with Crippen LogP contribution in [0.25, 0.3) is 0 Å². The molecule has 0 bridgehead atoms. The van der Waals surface area contributed by atoms with Gasteiger partial charge in [-0.15, -0.1) is 11.3 Å².